The first kappa shape index (κ1) is 20.0. The second-order valence-corrected chi connectivity index (χ2v) is 5.96. The van der Waals surface area contributed by atoms with Gasteiger partial charge in [0.2, 0.25) is 5.91 Å². The summed E-state index contributed by atoms with van der Waals surface area (Å²) < 4.78 is 5.08. The van der Waals surface area contributed by atoms with Gasteiger partial charge in [-0.25, -0.2) is 0 Å². The Morgan fingerprint density at radius 1 is 1.08 bits per heavy atom. The first-order chi connectivity index (χ1) is 11.5. The predicted molar refractivity (Wildman–Crippen MR) is 95.3 cm³/mol. The van der Waals surface area contributed by atoms with Crippen LogP contribution in [0.1, 0.15) is 37.6 Å². The second kappa shape index (κ2) is 10.6. The molecule has 0 fully saturated rings. The largest absolute Gasteiger partial charge is 0.497 e. The van der Waals surface area contributed by atoms with Gasteiger partial charge in [0.05, 0.1) is 7.11 Å². The van der Waals surface area contributed by atoms with Crippen molar-refractivity contribution in [3.8, 4) is 5.75 Å². The molecule has 0 radical (unpaired) electrons. The normalized spacial score (nSPS) is 11.9. The molecule has 0 heterocycles. The average Bonchev–Trinajstić information content (AvgIpc) is 2.58. The highest BCUT2D eigenvalue weighted by Gasteiger charge is 2.24. The van der Waals surface area contributed by atoms with Crippen molar-refractivity contribution in [3.63, 3.8) is 0 Å². The fourth-order valence-corrected chi connectivity index (χ4v) is 2.19. The minimum atomic E-state index is -0.564. The van der Waals surface area contributed by atoms with Crippen molar-refractivity contribution in [2.45, 2.75) is 33.2 Å². The highest BCUT2D eigenvalue weighted by atomic mass is 16.5. The van der Waals surface area contributed by atoms with Gasteiger partial charge in [0, 0.05) is 18.7 Å². The molecule has 0 saturated carbocycles. The van der Waals surface area contributed by atoms with Gasteiger partial charge in [0.25, 0.3) is 5.91 Å². The molecule has 1 unspecified atom stereocenters. The number of carbonyl (C=O) groups excluding carboxylic acids is 2. The van der Waals surface area contributed by atoms with Crippen LogP contribution >= 0.6 is 0 Å². The molecule has 0 aliphatic carbocycles. The predicted octanol–water partition coefficient (Wildman–Crippen LogP) is 1.57. The number of benzene rings is 1. The molecule has 0 aliphatic heterocycles. The maximum absolute atomic E-state index is 12.3. The summed E-state index contributed by atoms with van der Waals surface area (Å²) in [5.41, 5.74) is 0.499. The van der Waals surface area contributed by atoms with Crippen LogP contribution in [0.3, 0.4) is 0 Å². The molecule has 6 nitrogen and oxygen atoms in total. The Morgan fingerprint density at radius 2 is 1.75 bits per heavy atom. The molecule has 1 aromatic rings. The third-order valence-corrected chi connectivity index (χ3v) is 3.62. The quantitative estimate of drug-likeness (QED) is 0.567. The van der Waals surface area contributed by atoms with E-state index in [1.54, 1.807) is 31.4 Å². The fourth-order valence-electron chi connectivity index (χ4n) is 2.19. The molecule has 2 amide bonds. The maximum atomic E-state index is 12.3. The van der Waals surface area contributed by atoms with E-state index >= 15 is 0 Å². The summed E-state index contributed by atoms with van der Waals surface area (Å²) >= 11 is 0. The Morgan fingerprint density at radius 3 is 2.29 bits per heavy atom. The highest BCUT2D eigenvalue weighted by molar-refractivity contribution is 5.97. The number of amides is 2. The molecule has 0 saturated heterocycles. The number of rotatable bonds is 10. The Hall–Kier alpha value is -2.08. The Kier molecular flexibility index (Phi) is 8.86. The molecule has 1 aromatic carbocycles. The van der Waals surface area contributed by atoms with Crippen molar-refractivity contribution in [3.05, 3.63) is 29.8 Å². The zero-order valence-electron chi connectivity index (χ0n) is 15.0. The van der Waals surface area contributed by atoms with E-state index in [2.05, 4.69) is 22.9 Å². The number of nitrogens with one attached hydrogen (secondary N) is 3. The van der Waals surface area contributed by atoms with E-state index < -0.39 is 6.04 Å². The minimum absolute atomic E-state index is 0.00389. The van der Waals surface area contributed by atoms with Gasteiger partial charge in [0.1, 0.15) is 11.8 Å². The molecule has 1 rings (SSSR count). The van der Waals surface area contributed by atoms with Crippen LogP contribution in [-0.4, -0.2) is 44.6 Å². The van der Waals surface area contributed by atoms with E-state index in [1.165, 1.54) is 0 Å². The average molecular weight is 335 g/mol. The van der Waals surface area contributed by atoms with Gasteiger partial charge in [-0.15, -0.1) is 0 Å². The van der Waals surface area contributed by atoms with Crippen LogP contribution in [-0.2, 0) is 4.79 Å². The smallest absolute Gasteiger partial charge is 0.251 e. The van der Waals surface area contributed by atoms with Gasteiger partial charge in [-0.1, -0.05) is 20.8 Å². The SMILES string of the molecule is CCCNCCNC(=O)C(NC(=O)c1ccc(OC)cc1)C(C)C. The zero-order chi connectivity index (χ0) is 17.9. The van der Waals surface area contributed by atoms with E-state index in [-0.39, 0.29) is 17.7 Å². The monoisotopic (exact) mass is 335 g/mol. The third kappa shape index (κ3) is 6.58. The molecule has 0 aromatic heterocycles. The van der Waals surface area contributed by atoms with Crippen LogP contribution in [0, 0.1) is 5.92 Å². The van der Waals surface area contributed by atoms with Gasteiger partial charge in [-0.2, -0.15) is 0 Å². The first-order valence-electron chi connectivity index (χ1n) is 8.43. The summed E-state index contributed by atoms with van der Waals surface area (Å²) in [6, 6.07) is 6.24. The zero-order valence-corrected chi connectivity index (χ0v) is 15.0. The Balaban J connectivity index is 2.57. The summed E-state index contributed by atoms with van der Waals surface area (Å²) in [7, 11) is 1.57. The topological polar surface area (TPSA) is 79.5 Å². The van der Waals surface area contributed by atoms with Gasteiger partial charge < -0.3 is 20.7 Å². The molecule has 0 spiro atoms. The molecule has 6 heteroatoms. The van der Waals surface area contributed by atoms with Crippen molar-refractivity contribution in [1.29, 1.82) is 0 Å². The lowest BCUT2D eigenvalue weighted by Gasteiger charge is -2.22. The molecule has 1 atom stereocenters. The summed E-state index contributed by atoms with van der Waals surface area (Å²) in [6.45, 7) is 8.10. The van der Waals surface area contributed by atoms with Crippen LogP contribution in [0.25, 0.3) is 0 Å². The summed E-state index contributed by atoms with van der Waals surface area (Å²) in [4.78, 5) is 24.6. The lowest BCUT2D eigenvalue weighted by Crippen LogP contribution is -2.50. The standard InChI is InChI=1S/C18H29N3O3/c1-5-10-19-11-12-20-18(23)16(13(2)3)21-17(22)14-6-8-15(24-4)9-7-14/h6-9,13,16,19H,5,10-12H2,1-4H3,(H,20,23)(H,21,22). The van der Waals surface area contributed by atoms with E-state index in [4.69, 9.17) is 4.74 Å². The fraction of sp³-hybridized carbons (Fsp3) is 0.556. The van der Waals surface area contributed by atoms with E-state index in [0.29, 0.717) is 17.9 Å². The van der Waals surface area contributed by atoms with E-state index in [9.17, 15) is 9.59 Å². The van der Waals surface area contributed by atoms with E-state index in [1.807, 2.05) is 13.8 Å². The van der Waals surface area contributed by atoms with Gasteiger partial charge in [-0.05, 0) is 43.1 Å². The molecular weight excluding hydrogens is 306 g/mol. The highest BCUT2D eigenvalue weighted by Crippen LogP contribution is 2.12. The van der Waals surface area contributed by atoms with Crippen molar-refractivity contribution in [2.24, 2.45) is 5.92 Å². The summed E-state index contributed by atoms with van der Waals surface area (Å²) in [6.07, 6.45) is 1.06. The number of carbonyl (C=O) groups is 2. The van der Waals surface area contributed by atoms with Crippen LogP contribution in [0.15, 0.2) is 24.3 Å². The lowest BCUT2D eigenvalue weighted by atomic mass is 10.0. The van der Waals surface area contributed by atoms with Crippen LogP contribution < -0.4 is 20.7 Å². The number of methoxy groups -OCH3 is 1. The number of hydrogen-bond donors (Lipinski definition) is 3. The van der Waals surface area contributed by atoms with Crippen LogP contribution in [0.5, 0.6) is 5.75 Å². The van der Waals surface area contributed by atoms with Crippen molar-refractivity contribution >= 4 is 11.8 Å². The molecule has 0 aliphatic rings. The van der Waals surface area contributed by atoms with Crippen LogP contribution in [0.4, 0.5) is 0 Å². The number of ether oxygens (including phenoxy) is 1. The van der Waals surface area contributed by atoms with Gasteiger partial charge in [0.15, 0.2) is 0 Å². The van der Waals surface area contributed by atoms with E-state index in [0.717, 1.165) is 19.5 Å². The minimum Gasteiger partial charge on any atom is -0.497 e. The van der Waals surface area contributed by atoms with Gasteiger partial charge >= 0.3 is 0 Å². The lowest BCUT2D eigenvalue weighted by molar-refractivity contribution is -0.123. The molecule has 0 bridgehead atoms. The molecule has 134 valence electrons. The summed E-state index contributed by atoms with van der Waals surface area (Å²) in [5, 5.41) is 8.89. The third-order valence-electron chi connectivity index (χ3n) is 3.62. The van der Waals surface area contributed by atoms with Crippen LogP contribution in [0.2, 0.25) is 0 Å². The molecule has 24 heavy (non-hydrogen) atoms. The van der Waals surface area contributed by atoms with Crippen molar-refractivity contribution in [1.82, 2.24) is 16.0 Å². The summed E-state index contributed by atoms with van der Waals surface area (Å²) in [5.74, 6) is 0.251. The molecular formula is C18H29N3O3. The number of hydrogen-bond acceptors (Lipinski definition) is 4. The maximum Gasteiger partial charge on any atom is 0.251 e. The Labute approximate surface area is 144 Å². The molecule has 3 N–H and O–H groups in total. The van der Waals surface area contributed by atoms with Crippen molar-refractivity contribution < 1.29 is 14.3 Å². The van der Waals surface area contributed by atoms with Crippen molar-refractivity contribution in [2.75, 3.05) is 26.7 Å². The van der Waals surface area contributed by atoms with Gasteiger partial charge in [-0.3, -0.25) is 9.59 Å². The Bertz CT molecular complexity index is 515. The first-order valence-corrected chi connectivity index (χ1v) is 8.43. The second-order valence-electron chi connectivity index (χ2n) is 5.96.